The lowest BCUT2D eigenvalue weighted by Crippen LogP contribution is -2.23. The van der Waals surface area contributed by atoms with Crippen molar-refractivity contribution in [3.05, 3.63) is 0 Å². The fourth-order valence-corrected chi connectivity index (χ4v) is 0.936. The van der Waals surface area contributed by atoms with Gasteiger partial charge in [-0.25, -0.2) is 9.59 Å². The maximum atomic E-state index is 10.9. The van der Waals surface area contributed by atoms with Crippen LogP contribution in [0.1, 0.15) is 0 Å². The van der Waals surface area contributed by atoms with E-state index >= 15 is 0 Å². The molecular formula is C8H13NO6. The van der Waals surface area contributed by atoms with Gasteiger partial charge in [-0.05, 0) is 0 Å². The molecule has 1 rings (SSSR count). The highest BCUT2D eigenvalue weighted by Crippen LogP contribution is 2.00. The minimum atomic E-state index is -0.796. The van der Waals surface area contributed by atoms with Gasteiger partial charge < -0.3 is 24.3 Å². The normalized spacial score (nSPS) is 19.3. The minimum absolute atomic E-state index is 0.00937. The van der Waals surface area contributed by atoms with E-state index < -0.39 is 18.4 Å². The molecule has 0 radical (unpaired) electrons. The van der Waals surface area contributed by atoms with Gasteiger partial charge in [-0.3, -0.25) is 0 Å². The van der Waals surface area contributed by atoms with Gasteiger partial charge in [0, 0.05) is 7.11 Å². The molecule has 0 aromatic carbocycles. The third-order valence-corrected chi connectivity index (χ3v) is 1.64. The summed E-state index contributed by atoms with van der Waals surface area (Å²) < 4.78 is 18.7. The summed E-state index contributed by atoms with van der Waals surface area (Å²) in [7, 11) is 1.50. The van der Waals surface area contributed by atoms with E-state index in [0.29, 0.717) is 13.2 Å². The summed E-state index contributed by atoms with van der Waals surface area (Å²) in [5, 5.41) is 2.43. The fourth-order valence-electron chi connectivity index (χ4n) is 0.936. The summed E-state index contributed by atoms with van der Waals surface area (Å²) in [6, 6.07) is 0. The molecule has 86 valence electrons. The van der Waals surface area contributed by atoms with E-state index in [-0.39, 0.29) is 13.2 Å². The quantitative estimate of drug-likeness (QED) is 0.513. The summed E-state index contributed by atoms with van der Waals surface area (Å²) in [6.07, 6.45) is -1.74. The molecule has 7 nitrogen and oxygen atoms in total. The molecule has 1 fully saturated rings. The largest absolute Gasteiger partial charge is 0.508 e. The molecule has 1 heterocycles. The van der Waals surface area contributed by atoms with Gasteiger partial charge in [0.1, 0.15) is 13.2 Å². The van der Waals surface area contributed by atoms with Crippen molar-refractivity contribution in [1.82, 2.24) is 5.32 Å². The van der Waals surface area contributed by atoms with Crippen LogP contribution in [0.3, 0.4) is 0 Å². The number of methoxy groups -OCH3 is 1. The van der Waals surface area contributed by atoms with Crippen molar-refractivity contribution in [1.29, 1.82) is 0 Å². The molecule has 1 N–H and O–H groups in total. The van der Waals surface area contributed by atoms with Crippen LogP contribution in [0.2, 0.25) is 0 Å². The molecule has 0 aromatic heterocycles. The smallest absolute Gasteiger partial charge is 0.441 e. The second-order valence-corrected chi connectivity index (χ2v) is 2.81. The Morgan fingerprint density at radius 1 is 1.53 bits per heavy atom. The van der Waals surface area contributed by atoms with Gasteiger partial charge in [0.25, 0.3) is 0 Å². The lowest BCUT2D eigenvalue weighted by atomic mass is 10.4. The van der Waals surface area contributed by atoms with Gasteiger partial charge in [0.2, 0.25) is 0 Å². The SMILES string of the molecule is COCCOC(=O)OC[C@@H]1CNC(=O)O1. The van der Waals surface area contributed by atoms with E-state index in [1.165, 1.54) is 7.11 Å². The van der Waals surface area contributed by atoms with Crippen LogP contribution >= 0.6 is 0 Å². The number of nitrogens with one attached hydrogen (secondary N) is 1. The van der Waals surface area contributed by atoms with Crippen LogP contribution < -0.4 is 5.32 Å². The Morgan fingerprint density at radius 3 is 2.93 bits per heavy atom. The van der Waals surface area contributed by atoms with E-state index in [0.717, 1.165) is 0 Å². The van der Waals surface area contributed by atoms with Gasteiger partial charge in [-0.1, -0.05) is 0 Å². The molecular weight excluding hydrogens is 206 g/mol. The molecule has 1 amide bonds. The predicted octanol–water partition coefficient (Wildman–Crippen LogP) is -0.106. The number of hydrogen-bond donors (Lipinski definition) is 1. The summed E-state index contributed by atoms with van der Waals surface area (Å²) >= 11 is 0. The zero-order valence-corrected chi connectivity index (χ0v) is 8.36. The summed E-state index contributed by atoms with van der Waals surface area (Å²) in [5.41, 5.74) is 0. The number of cyclic esters (lactones) is 1. The topological polar surface area (TPSA) is 83.1 Å². The molecule has 1 saturated heterocycles. The Hall–Kier alpha value is -1.50. The first-order valence-electron chi connectivity index (χ1n) is 4.45. The lowest BCUT2D eigenvalue weighted by Gasteiger charge is -2.08. The van der Waals surface area contributed by atoms with E-state index in [4.69, 9.17) is 4.74 Å². The average Bonchev–Trinajstić information content (AvgIpc) is 2.62. The van der Waals surface area contributed by atoms with Gasteiger partial charge in [-0.15, -0.1) is 0 Å². The molecule has 1 aliphatic heterocycles. The third-order valence-electron chi connectivity index (χ3n) is 1.64. The first-order valence-corrected chi connectivity index (χ1v) is 4.45. The van der Waals surface area contributed by atoms with Crippen molar-refractivity contribution < 1.29 is 28.5 Å². The van der Waals surface area contributed by atoms with Crippen LogP contribution in [0.5, 0.6) is 0 Å². The highest BCUT2D eigenvalue weighted by atomic mass is 16.7. The Morgan fingerprint density at radius 2 is 2.33 bits per heavy atom. The number of amides is 1. The Balaban J connectivity index is 2.03. The number of carbonyl (C=O) groups excluding carboxylic acids is 2. The summed E-state index contributed by atoms with van der Waals surface area (Å²) in [6.45, 7) is 0.780. The second-order valence-electron chi connectivity index (χ2n) is 2.81. The highest BCUT2D eigenvalue weighted by molar-refractivity contribution is 5.69. The van der Waals surface area contributed by atoms with E-state index in [2.05, 4.69) is 19.5 Å². The minimum Gasteiger partial charge on any atom is -0.441 e. The van der Waals surface area contributed by atoms with Gasteiger partial charge in [-0.2, -0.15) is 0 Å². The molecule has 1 atom stereocenters. The third kappa shape index (κ3) is 4.50. The molecule has 7 heteroatoms. The maximum absolute atomic E-state index is 10.9. The number of hydrogen-bond acceptors (Lipinski definition) is 6. The number of rotatable bonds is 5. The van der Waals surface area contributed by atoms with Crippen LogP contribution in [0.15, 0.2) is 0 Å². The van der Waals surface area contributed by atoms with Crippen LogP contribution in [0.25, 0.3) is 0 Å². The molecule has 0 unspecified atom stereocenters. The predicted molar refractivity (Wildman–Crippen MR) is 47.4 cm³/mol. The zero-order valence-electron chi connectivity index (χ0n) is 8.36. The molecule has 0 spiro atoms. The van der Waals surface area contributed by atoms with Gasteiger partial charge >= 0.3 is 12.2 Å². The first-order chi connectivity index (χ1) is 7.22. The zero-order chi connectivity index (χ0) is 11.1. The van der Waals surface area contributed by atoms with Crippen molar-refractivity contribution in [3.8, 4) is 0 Å². The fraction of sp³-hybridized carbons (Fsp3) is 0.750. The van der Waals surface area contributed by atoms with E-state index in [1.807, 2.05) is 0 Å². The molecule has 0 bridgehead atoms. The molecule has 0 saturated carbocycles. The monoisotopic (exact) mass is 219 g/mol. The Bertz CT molecular complexity index is 231. The van der Waals surface area contributed by atoms with Gasteiger partial charge in [0.15, 0.2) is 6.10 Å². The Labute approximate surface area is 86.6 Å². The van der Waals surface area contributed by atoms with Gasteiger partial charge in [0.05, 0.1) is 13.2 Å². The lowest BCUT2D eigenvalue weighted by molar-refractivity contribution is 0.0140. The van der Waals surface area contributed by atoms with Crippen molar-refractivity contribution in [2.24, 2.45) is 0 Å². The van der Waals surface area contributed by atoms with Crippen molar-refractivity contribution in [3.63, 3.8) is 0 Å². The van der Waals surface area contributed by atoms with Crippen LogP contribution in [0.4, 0.5) is 9.59 Å². The number of alkyl carbamates (subject to hydrolysis) is 1. The van der Waals surface area contributed by atoms with E-state index in [1.54, 1.807) is 0 Å². The standard InChI is InChI=1S/C8H13NO6/c1-12-2-3-13-8(11)14-5-6-4-9-7(10)15-6/h6H,2-5H2,1H3,(H,9,10)/t6-/m0/s1. The Kier molecular flexibility index (Phi) is 4.69. The van der Waals surface area contributed by atoms with Crippen molar-refractivity contribution in [2.45, 2.75) is 6.10 Å². The molecule has 15 heavy (non-hydrogen) atoms. The van der Waals surface area contributed by atoms with Crippen LogP contribution in [0, 0.1) is 0 Å². The van der Waals surface area contributed by atoms with Crippen LogP contribution in [-0.4, -0.2) is 51.8 Å². The second kappa shape index (κ2) is 6.07. The molecule has 0 aliphatic carbocycles. The molecule has 1 aliphatic rings. The van der Waals surface area contributed by atoms with Crippen molar-refractivity contribution in [2.75, 3.05) is 33.5 Å². The molecule has 0 aromatic rings. The maximum Gasteiger partial charge on any atom is 0.508 e. The first kappa shape index (κ1) is 11.6. The van der Waals surface area contributed by atoms with E-state index in [9.17, 15) is 9.59 Å². The highest BCUT2D eigenvalue weighted by Gasteiger charge is 2.23. The number of ether oxygens (including phenoxy) is 4. The average molecular weight is 219 g/mol. The number of carbonyl (C=O) groups is 2. The van der Waals surface area contributed by atoms with Crippen LogP contribution in [-0.2, 0) is 18.9 Å². The summed E-state index contributed by atoms with van der Waals surface area (Å²) in [5.74, 6) is 0. The van der Waals surface area contributed by atoms with Crippen molar-refractivity contribution >= 4 is 12.2 Å². The summed E-state index contributed by atoms with van der Waals surface area (Å²) in [4.78, 5) is 21.5.